The normalized spacial score (nSPS) is 12.0. The van der Waals surface area contributed by atoms with Crippen LogP contribution in [0.3, 0.4) is 0 Å². The van der Waals surface area contributed by atoms with E-state index in [1.165, 1.54) is 20.1 Å². The van der Waals surface area contributed by atoms with Crippen molar-refractivity contribution >= 4 is 16.7 Å². The lowest BCUT2D eigenvalue weighted by atomic mass is 9.92. The summed E-state index contributed by atoms with van der Waals surface area (Å²) in [5.41, 5.74) is 4.12. The number of ether oxygens (including phenoxy) is 1. The predicted octanol–water partition coefficient (Wildman–Crippen LogP) is 5.70. The van der Waals surface area contributed by atoms with E-state index >= 15 is 0 Å². The monoisotopic (exact) mass is 429 g/mol. The Labute approximate surface area is 186 Å². The van der Waals surface area contributed by atoms with Crippen LogP contribution in [-0.2, 0) is 6.42 Å². The summed E-state index contributed by atoms with van der Waals surface area (Å²) in [6, 6.07) is 12.3. The van der Waals surface area contributed by atoms with Gasteiger partial charge in [-0.25, -0.2) is 19.3 Å². The molecule has 1 atom stereocenters. The lowest BCUT2D eigenvalue weighted by Crippen LogP contribution is -2.03. The minimum absolute atomic E-state index is 0.169. The number of ketones is 1. The number of fused-ring (bicyclic) bond motifs is 1. The maximum Gasteiger partial charge on any atom is 0.178 e. The van der Waals surface area contributed by atoms with E-state index in [-0.39, 0.29) is 11.7 Å². The predicted molar refractivity (Wildman–Crippen MR) is 123 cm³/mol. The fourth-order valence-electron chi connectivity index (χ4n) is 3.79. The molecule has 0 fully saturated rings. The number of hydrogen-bond acceptors (Lipinski definition) is 5. The van der Waals surface area contributed by atoms with E-state index in [1.54, 1.807) is 18.2 Å². The first-order valence-electron chi connectivity index (χ1n) is 10.4. The molecule has 2 heterocycles. The number of carbonyl (C=O) groups is 1. The fourth-order valence-corrected chi connectivity index (χ4v) is 3.79. The number of halogens is 1. The molecule has 5 nitrogen and oxygen atoms in total. The van der Waals surface area contributed by atoms with Crippen LogP contribution in [0.1, 0.15) is 47.2 Å². The Hall–Kier alpha value is -3.67. The zero-order chi connectivity index (χ0) is 22.8. The Morgan fingerprint density at radius 1 is 1.06 bits per heavy atom. The van der Waals surface area contributed by atoms with E-state index in [1.807, 2.05) is 37.5 Å². The van der Waals surface area contributed by atoms with Crippen molar-refractivity contribution in [2.24, 2.45) is 0 Å². The number of benzene rings is 2. The Morgan fingerprint density at radius 3 is 2.47 bits per heavy atom. The molecular formula is C26H24FN3O2. The van der Waals surface area contributed by atoms with Gasteiger partial charge < -0.3 is 4.74 Å². The molecule has 0 aliphatic heterocycles. The first-order valence-corrected chi connectivity index (χ1v) is 10.4. The third-order valence-corrected chi connectivity index (χ3v) is 5.61. The van der Waals surface area contributed by atoms with E-state index < -0.39 is 5.82 Å². The Morgan fingerprint density at radius 2 is 1.81 bits per heavy atom. The van der Waals surface area contributed by atoms with Gasteiger partial charge in [0.05, 0.1) is 12.6 Å². The van der Waals surface area contributed by atoms with E-state index in [2.05, 4.69) is 21.9 Å². The Balaban J connectivity index is 1.79. The molecule has 0 spiro atoms. The second-order valence-corrected chi connectivity index (χ2v) is 7.98. The molecule has 0 radical (unpaired) electrons. The highest BCUT2D eigenvalue weighted by atomic mass is 19.1. The summed E-state index contributed by atoms with van der Waals surface area (Å²) in [5.74, 6) is 0.786. The van der Waals surface area contributed by atoms with Crippen LogP contribution in [0.2, 0.25) is 0 Å². The van der Waals surface area contributed by atoms with Crippen LogP contribution in [0.4, 0.5) is 4.39 Å². The second kappa shape index (κ2) is 8.83. The van der Waals surface area contributed by atoms with Gasteiger partial charge in [0.2, 0.25) is 0 Å². The average Bonchev–Trinajstić information content (AvgIpc) is 2.79. The topological polar surface area (TPSA) is 65.0 Å². The summed E-state index contributed by atoms with van der Waals surface area (Å²) < 4.78 is 20.0. The number of methoxy groups -OCH3 is 1. The number of aromatic nitrogens is 3. The van der Waals surface area contributed by atoms with Gasteiger partial charge >= 0.3 is 0 Å². The first-order chi connectivity index (χ1) is 15.4. The van der Waals surface area contributed by atoms with Gasteiger partial charge in [0.25, 0.3) is 0 Å². The van der Waals surface area contributed by atoms with Crippen molar-refractivity contribution in [3.8, 4) is 16.9 Å². The molecule has 0 aliphatic carbocycles. The van der Waals surface area contributed by atoms with Crippen LogP contribution < -0.4 is 4.74 Å². The van der Waals surface area contributed by atoms with Crippen molar-refractivity contribution in [1.82, 2.24) is 15.0 Å². The average molecular weight is 429 g/mol. The molecule has 4 aromatic rings. The highest BCUT2D eigenvalue weighted by molar-refractivity contribution is 6.01. The molecule has 4 rings (SSSR count). The summed E-state index contributed by atoms with van der Waals surface area (Å²) in [6.07, 6.45) is 4.46. The zero-order valence-electron chi connectivity index (χ0n) is 18.5. The minimum Gasteiger partial charge on any atom is -0.497 e. The van der Waals surface area contributed by atoms with Gasteiger partial charge in [-0.05, 0) is 60.2 Å². The SMILES string of the molecule is COc1ccc(-c2cc(C(C)=O)nc3cc(C(C)Cc4cnc(C)nc4)ccc23)c(F)c1. The van der Waals surface area contributed by atoms with E-state index in [9.17, 15) is 9.18 Å². The number of pyridine rings is 1. The Kier molecular flexibility index (Phi) is 5.95. The van der Waals surface area contributed by atoms with Crippen LogP contribution >= 0.6 is 0 Å². The van der Waals surface area contributed by atoms with Gasteiger partial charge in [0.1, 0.15) is 23.1 Å². The molecular weight excluding hydrogens is 405 g/mol. The number of nitrogens with zero attached hydrogens (tertiary/aromatic N) is 3. The Bertz CT molecular complexity index is 1300. The third-order valence-electron chi connectivity index (χ3n) is 5.61. The molecule has 1 unspecified atom stereocenters. The number of carbonyl (C=O) groups excluding carboxylic acids is 1. The van der Waals surface area contributed by atoms with Crippen molar-refractivity contribution in [2.45, 2.75) is 33.1 Å². The van der Waals surface area contributed by atoms with Gasteiger partial charge in [-0.15, -0.1) is 0 Å². The van der Waals surface area contributed by atoms with Crippen LogP contribution in [0.15, 0.2) is 54.9 Å². The third kappa shape index (κ3) is 4.35. The summed E-state index contributed by atoms with van der Waals surface area (Å²) >= 11 is 0. The molecule has 0 N–H and O–H groups in total. The first kappa shape index (κ1) is 21.6. The van der Waals surface area contributed by atoms with Gasteiger partial charge in [-0.3, -0.25) is 4.79 Å². The molecule has 2 aromatic heterocycles. The highest BCUT2D eigenvalue weighted by Crippen LogP contribution is 2.34. The lowest BCUT2D eigenvalue weighted by molar-refractivity contribution is 0.101. The standard InChI is InChI=1S/C26H24FN3O2/c1-15(9-18-13-28-17(3)29-14-18)19-5-7-22-23(12-25(16(2)31)30-26(22)10-19)21-8-6-20(32-4)11-24(21)27/h5-8,10-15H,9H2,1-4H3. The molecule has 0 amide bonds. The zero-order valence-corrected chi connectivity index (χ0v) is 18.5. The maximum atomic E-state index is 14.9. The van der Waals surface area contributed by atoms with Crippen molar-refractivity contribution in [1.29, 1.82) is 0 Å². The number of rotatable bonds is 6. The minimum atomic E-state index is -0.414. The smallest absolute Gasteiger partial charge is 0.178 e. The quantitative estimate of drug-likeness (QED) is 0.368. The second-order valence-electron chi connectivity index (χ2n) is 7.98. The van der Waals surface area contributed by atoms with Gasteiger partial charge in [-0.1, -0.05) is 19.1 Å². The molecule has 6 heteroatoms. The molecule has 32 heavy (non-hydrogen) atoms. The van der Waals surface area contributed by atoms with Crippen molar-refractivity contribution in [3.63, 3.8) is 0 Å². The summed E-state index contributed by atoms with van der Waals surface area (Å²) in [4.78, 5) is 25.3. The van der Waals surface area contributed by atoms with Crippen LogP contribution in [0.25, 0.3) is 22.0 Å². The molecule has 162 valence electrons. The van der Waals surface area contributed by atoms with E-state index in [4.69, 9.17) is 4.74 Å². The van der Waals surface area contributed by atoms with Crippen molar-refractivity contribution < 1.29 is 13.9 Å². The summed E-state index contributed by atoms with van der Waals surface area (Å²) in [6.45, 7) is 5.45. The number of Topliss-reactive ketones (excluding diaryl/α,β-unsaturated/α-hetero) is 1. The van der Waals surface area contributed by atoms with E-state index in [0.717, 1.165) is 28.8 Å². The lowest BCUT2D eigenvalue weighted by Gasteiger charge is -2.15. The van der Waals surface area contributed by atoms with Crippen LogP contribution in [0, 0.1) is 12.7 Å². The van der Waals surface area contributed by atoms with Crippen molar-refractivity contribution in [2.75, 3.05) is 7.11 Å². The van der Waals surface area contributed by atoms with Gasteiger partial charge in [0.15, 0.2) is 5.78 Å². The van der Waals surface area contributed by atoms with Crippen LogP contribution in [-0.4, -0.2) is 27.8 Å². The molecule has 2 aromatic carbocycles. The van der Waals surface area contributed by atoms with Gasteiger partial charge in [0, 0.05) is 36.3 Å². The molecule has 0 saturated carbocycles. The summed E-state index contributed by atoms with van der Waals surface area (Å²) in [5, 5.41) is 0.786. The maximum absolute atomic E-state index is 14.9. The largest absolute Gasteiger partial charge is 0.497 e. The van der Waals surface area contributed by atoms with Crippen LogP contribution in [0.5, 0.6) is 5.75 Å². The number of aryl methyl sites for hydroxylation is 1. The fraction of sp³-hybridized carbons (Fsp3) is 0.231. The van der Waals surface area contributed by atoms with E-state index in [0.29, 0.717) is 28.1 Å². The molecule has 0 aliphatic rings. The molecule has 0 saturated heterocycles. The number of hydrogen-bond donors (Lipinski definition) is 0. The van der Waals surface area contributed by atoms with Gasteiger partial charge in [-0.2, -0.15) is 0 Å². The summed E-state index contributed by atoms with van der Waals surface area (Å²) in [7, 11) is 1.50. The highest BCUT2D eigenvalue weighted by Gasteiger charge is 2.16. The van der Waals surface area contributed by atoms with Crippen molar-refractivity contribution in [3.05, 3.63) is 83.3 Å². The molecule has 0 bridgehead atoms.